The van der Waals surface area contributed by atoms with Crippen molar-refractivity contribution in [2.24, 2.45) is 0 Å². The molecule has 132 valence electrons. The van der Waals surface area contributed by atoms with Gasteiger partial charge in [-0.05, 0) is 32.2 Å². The van der Waals surface area contributed by atoms with E-state index in [1.54, 1.807) is 7.11 Å². The molecule has 7 heteroatoms. The minimum absolute atomic E-state index is 0.0413. The summed E-state index contributed by atoms with van der Waals surface area (Å²) in [6, 6.07) is 0.560. The van der Waals surface area contributed by atoms with E-state index < -0.39 is 0 Å². The predicted octanol–water partition coefficient (Wildman–Crippen LogP) is 1.45. The van der Waals surface area contributed by atoms with Crippen molar-refractivity contribution in [3.63, 3.8) is 0 Å². The SMILES string of the molecule is CCN(CC(=O)N1C[C@H](OC)C[C@H]1c1nc(C2CC2)n[nH]1)C1CC1. The fourth-order valence-corrected chi connectivity index (χ4v) is 3.67. The second-order valence-electron chi connectivity index (χ2n) is 7.30. The molecule has 3 fully saturated rings. The molecule has 1 saturated heterocycles. The van der Waals surface area contributed by atoms with Crippen molar-refractivity contribution < 1.29 is 9.53 Å². The third-order valence-corrected chi connectivity index (χ3v) is 5.50. The third kappa shape index (κ3) is 3.19. The monoisotopic (exact) mass is 333 g/mol. The number of ether oxygens (including phenoxy) is 1. The number of hydrogen-bond acceptors (Lipinski definition) is 5. The molecule has 2 aliphatic carbocycles. The fourth-order valence-electron chi connectivity index (χ4n) is 3.67. The lowest BCUT2D eigenvalue weighted by molar-refractivity contribution is -0.134. The van der Waals surface area contributed by atoms with E-state index in [0.717, 1.165) is 24.6 Å². The largest absolute Gasteiger partial charge is 0.380 e. The van der Waals surface area contributed by atoms with Gasteiger partial charge in [0.1, 0.15) is 5.82 Å². The molecular weight excluding hydrogens is 306 g/mol. The molecular formula is C17H27N5O2. The summed E-state index contributed by atoms with van der Waals surface area (Å²) >= 11 is 0. The van der Waals surface area contributed by atoms with E-state index in [0.29, 0.717) is 25.0 Å². The lowest BCUT2D eigenvalue weighted by atomic mass is 10.2. The highest BCUT2D eigenvalue weighted by Gasteiger charge is 2.40. The first-order valence-corrected chi connectivity index (χ1v) is 9.18. The Kier molecular flexibility index (Phi) is 4.30. The molecule has 1 aliphatic heterocycles. The molecule has 0 spiro atoms. The molecule has 4 rings (SSSR count). The van der Waals surface area contributed by atoms with Gasteiger partial charge in [0.05, 0.1) is 18.7 Å². The zero-order valence-electron chi connectivity index (χ0n) is 14.6. The number of aromatic amines is 1. The van der Waals surface area contributed by atoms with Gasteiger partial charge in [-0.2, -0.15) is 5.10 Å². The quantitative estimate of drug-likeness (QED) is 0.817. The Bertz CT molecular complexity index is 596. The molecule has 2 heterocycles. The molecule has 1 aromatic rings. The van der Waals surface area contributed by atoms with Crippen LogP contribution in [-0.2, 0) is 9.53 Å². The second kappa shape index (κ2) is 6.44. The van der Waals surface area contributed by atoms with Crippen LogP contribution in [-0.4, -0.2) is 69.8 Å². The van der Waals surface area contributed by atoms with E-state index in [4.69, 9.17) is 4.74 Å². The summed E-state index contributed by atoms with van der Waals surface area (Å²) < 4.78 is 5.53. The molecule has 7 nitrogen and oxygen atoms in total. The molecule has 1 aromatic heterocycles. The van der Waals surface area contributed by atoms with Crippen molar-refractivity contribution in [2.75, 3.05) is 26.7 Å². The smallest absolute Gasteiger partial charge is 0.237 e. The number of likely N-dealkylation sites (N-methyl/N-ethyl adjacent to an activating group) is 1. The van der Waals surface area contributed by atoms with Gasteiger partial charge in [0.2, 0.25) is 5.91 Å². The number of carbonyl (C=O) groups is 1. The lowest BCUT2D eigenvalue weighted by Crippen LogP contribution is -2.41. The Balaban J connectivity index is 1.48. The molecule has 0 bridgehead atoms. The third-order valence-electron chi connectivity index (χ3n) is 5.50. The van der Waals surface area contributed by atoms with E-state index in [-0.39, 0.29) is 18.1 Å². The van der Waals surface area contributed by atoms with Gasteiger partial charge in [-0.3, -0.25) is 14.8 Å². The average molecular weight is 333 g/mol. The topological polar surface area (TPSA) is 74.3 Å². The Morgan fingerprint density at radius 2 is 2.17 bits per heavy atom. The van der Waals surface area contributed by atoms with Crippen LogP contribution in [0, 0.1) is 0 Å². The highest BCUT2D eigenvalue weighted by Crippen LogP contribution is 2.39. The zero-order chi connectivity index (χ0) is 16.7. The predicted molar refractivity (Wildman–Crippen MR) is 88.5 cm³/mol. The minimum atomic E-state index is -0.0413. The molecule has 1 N–H and O–H groups in total. The van der Waals surface area contributed by atoms with Crippen LogP contribution >= 0.6 is 0 Å². The van der Waals surface area contributed by atoms with Crippen LogP contribution in [0.25, 0.3) is 0 Å². The average Bonchev–Trinajstić information content (AvgIpc) is 3.52. The number of nitrogens with zero attached hydrogens (tertiary/aromatic N) is 4. The number of aromatic nitrogens is 3. The number of rotatable bonds is 7. The van der Waals surface area contributed by atoms with Gasteiger partial charge in [0.15, 0.2) is 5.82 Å². The number of likely N-dealkylation sites (tertiary alicyclic amines) is 1. The lowest BCUT2D eigenvalue weighted by Gasteiger charge is -2.27. The van der Waals surface area contributed by atoms with Gasteiger partial charge in [-0.25, -0.2) is 4.98 Å². The maximum Gasteiger partial charge on any atom is 0.237 e. The maximum atomic E-state index is 12.9. The first-order valence-electron chi connectivity index (χ1n) is 9.18. The normalized spacial score (nSPS) is 27.2. The van der Waals surface area contributed by atoms with E-state index >= 15 is 0 Å². The second-order valence-corrected chi connectivity index (χ2v) is 7.30. The Hall–Kier alpha value is -1.47. The van der Waals surface area contributed by atoms with Crippen molar-refractivity contribution in [1.29, 1.82) is 0 Å². The van der Waals surface area contributed by atoms with Crippen molar-refractivity contribution in [1.82, 2.24) is 25.0 Å². The van der Waals surface area contributed by atoms with Crippen molar-refractivity contribution in [2.45, 2.75) is 63.1 Å². The molecule has 0 radical (unpaired) electrons. The number of H-pyrrole nitrogens is 1. The zero-order valence-corrected chi connectivity index (χ0v) is 14.6. The van der Waals surface area contributed by atoms with E-state index in [2.05, 4.69) is 27.0 Å². The van der Waals surface area contributed by atoms with Crippen LogP contribution in [0.1, 0.15) is 62.6 Å². The Morgan fingerprint density at radius 1 is 1.38 bits per heavy atom. The van der Waals surface area contributed by atoms with Crippen LogP contribution in [0.3, 0.4) is 0 Å². The van der Waals surface area contributed by atoms with Crippen molar-refractivity contribution in [3.05, 3.63) is 11.6 Å². The number of hydrogen-bond donors (Lipinski definition) is 1. The minimum Gasteiger partial charge on any atom is -0.380 e. The molecule has 1 amide bonds. The first kappa shape index (κ1) is 16.0. The Labute approximate surface area is 142 Å². The van der Waals surface area contributed by atoms with Crippen LogP contribution in [0.5, 0.6) is 0 Å². The maximum absolute atomic E-state index is 12.9. The standard InChI is InChI=1S/C17H27N5O2/c1-3-21(12-6-7-12)10-15(23)22-9-13(24-2)8-14(22)17-18-16(19-20-17)11-4-5-11/h11-14H,3-10H2,1-2H3,(H,18,19,20)/t13-,14+/m1/s1. The van der Waals surface area contributed by atoms with Gasteiger partial charge >= 0.3 is 0 Å². The van der Waals surface area contributed by atoms with Crippen LogP contribution in [0.15, 0.2) is 0 Å². The van der Waals surface area contributed by atoms with E-state index in [1.165, 1.54) is 25.7 Å². The summed E-state index contributed by atoms with van der Waals surface area (Å²) in [6.07, 6.45) is 5.66. The molecule has 2 saturated carbocycles. The highest BCUT2D eigenvalue weighted by atomic mass is 16.5. The first-order chi connectivity index (χ1) is 11.7. The van der Waals surface area contributed by atoms with Crippen molar-refractivity contribution in [3.8, 4) is 0 Å². The molecule has 24 heavy (non-hydrogen) atoms. The van der Waals surface area contributed by atoms with Gasteiger partial charge in [0, 0.05) is 32.0 Å². The highest BCUT2D eigenvalue weighted by molar-refractivity contribution is 5.79. The van der Waals surface area contributed by atoms with Gasteiger partial charge in [-0.15, -0.1) is 0 Å². The number of methoxy groups -OCH3 is 1. The number of carbonyl (C=O) groups excluding carboxylic acids is 1. The molecule has 2 atom stereocenters. The van der Waals surface area contributed by atoms with Crippen LogP contribution in [0.2, 0.25) is 0 Å². The van der Waals surface area contributed by atoms with Gasteiger partial charge < -0.3 is 9.64 Å². The van der Waals surface area contributed by atoms with Crippen molar-refractivity contribution >= 4 is 5.91 Å². The summed E-state index contributed by atoms with van der Waals surface area (Å²) in [5.74, 6) is 2.42. The molecule has 0 unspecified atom stereocenters. The summed E-state index contributed by atoms with van der Waals surface area (Å²) in [5.41, 5.74) is 0. The summed E-state index contributed by atoms with van der Waals surface area (Å²) in [6.45, 7) is 4.19. The van der Waals surface area contributed by atoms with Gasteiger partial charge in [-0.1, -0.05) is 6.92 Å². The van der Waals surface area contributed by atoms with E-state index in [1.807, 2.05) is 4.90 Å². The number of amides is 1. The number of nitrogens with one attached hydrogen (secondary N) is 1. The Morgan fingerprint density at radius 3 is 2.79 bits per heavy atom. The molecule has 3 aliphatic rings. The van der Waals surface area contributed by atoms with Crippen LogP contribution in [0.4, 0.5) is 0 Å². The summed E-state index contributed by atoms with van der Waals surface area (Å²) in [5, 5.41) is 7.43. The summed E-state index contributed by atoms with van der Waals surface area (Å²) in [7, 11) is 1.72. The molecule has 0 aromatic carbocycles. The van der Waals surface area contributed by atoms with E-state index in [9.17, 15) is 4.79 Å². The van der Waals surface area contributed by atoms with Crippen LogP contribution < -0.4 is 0 Å². The fraction of sp³-hybridized carbons (Fsp3) is 0.824. The summed E-state index contributed by atoms with van der Waals surface area (Å²) in [4.78, 5) is 21.8. The van der Waals surface area contributed by atoms with Gasteiger partial charge in [0.25, 0.3) is 0 Å².